The summed E-state index contributed by atoms with van der Waals surface area (Å²) in [5.74, 6) is 0.465. The second-order valence-electron chi connectivity index (χ2n) is 2.58. The lowest BCUT2D eigenvalue weighted by Crippen LogP contribution is -2.45. The van der Waals surface area contributed by atoms with Crippen LogP contribution in [0.15, 0.2) is 4.99 Å². The number of hydrogen-bond acceptors (Lipinski definition) is 4. The molecule has 0 amide bonds. The quantitative estimate of drug-likeness (QED) is 0.605. The maximum absolute atomic E-state index is 11.0. The molecule has 5 nitrogen and oxygen atoms in total. The van der Waals surface area contributed by atoms with Crippen LogP contribution in [-0.4, -0.2) is 33.2 Å². The highest BCUT2D eigenvalue weighted by molar-refractivity contribution is 7.90. The van der Waals surface area contributed by atoms with E-state index in [9.17, 15) is 8.42 Å². The minimum Gasteiger partial charge on any atom is -0.356 e. The minimum atomic E-state index is -3.11. The molecule has 2 N–H and O–H groups in total. The Morgan fingerprint density at radius 2 is 2.42 bits per heavy atom. The molecule has 0 aromatic heterocycles. The van der Waals surface area contributed by atoms with Gasteiger partial charge in [0.05, 0.1) is 12.3 Å². The zero-order valence-corrected chi connectivity index (χ0v) is 7.82. The Labute approximate surface area is 72.3 Å². The molecule has 1 aliphatic heterocycles. The van der Waals surface area contributed by atoms with E-state index in [0.29, 0.717) is 12.5 Å². The van der Waals surface area contributed by atoms with Gasteiger partial charge >= 0.3 is 0 Å². The number of hydrogen-bond donors (Lipinski definition) is 2. The van der Waals surface area contributed by atoms with Crippen LogP contribution in [0, 0.1) is 0 Å². The summed E-state index contributed by atoms with van der Waals surface area (Å²) in [6, 6.07) is 0. The summed E-state index contributed by atoms with van der Waals surface area (Å²) in [6.45, 7) is 3.09. The first-order valence-electron chi connectivity index (χ1n) is 3.93. The summed E-state index contributed by atoms with van der Waals surface area (Å²) in [5.41, 5.74) is 0. The molecule has 1 heterocycles. The molecule has 0 saturated carbocycles. The molecular weight excluding hydrogens is 178 g/mol. The van der Waals surface area contributed by atoms with E-state index in [-0.39, 0.29) is 5.75 Å². The minimum absolute atomic E-state index is 0.0876. The van der Waals surface area contributed by atoms with Crippen molar-refractivity contribution in [3.05, 3.63) is 0 Å². The van der Waals surface area contributed by atoms with E-state index in [1.165, 1.54) is 0 Å². The lowest BCUT2D eigenvalue weighted by molar-refractivity contribution is 0.588. The summed E-state index contributed by atoms with van der Waals surface area (Å²) >= 11 is 0. The Bertz CT molecular complexity index is 271. The highest BCUT2D eigenvalue weighted by Crippen LogP contribution is 1.91. The van der Waals surface area contributed by atoms with Crippen LogP contribution in [0.1, 0.15) is 13.3 Å². The predicted molar refractivity (Wildman–Crippen MR) is 47.5 cm³/mol. The van der Waals surface area contributed by atoms with Crippen molar-refractivity contribution in [3.8, 4) is 0 Å². The second-order valence-corrected chi connectivity index (χ2v) is 4.42. The molecule has 0 aliphatic carbocycles. The Kier molecular flexibility index (Phi) is 2.91. The Morgan fingerprint density at radius 1 is 1.67 bits per heavy atom. The van der Waals surface area contributed by atoms with Gasteiger partial charge in [-0.15, -0.1) is 0 Å². The normalized spacial score (nSPS) is 20.9. The van der Waals surface area contributed by atoms with Crippen LogP contribution in [0.25, 0.3) is 0 Å². The fourth-order valence-electron chi connectivity index (χ4n) is 0.844. The Balaban J connectivity index is 2.50. The molecule has 0 atom stereocenters. The molecule has 1 rings (SSSR count). The van der Waals surface area contributed by atoms with Gasteiger partial charge in [-0.3, -0.25) is 9.71 Å². The maximum atomic E-state index is 11.0. The van der Waals surface area contributed by atoms with E-state index in [1.807, 2.05) is 6.92 Å². The third kappa shape index (κ3) is 2.69. The van der Waals surface area contributed by atoms with E-state index in [0.717, 1.165) is 13.0 Å². The van der Waals surface area contributed by atoms with Gasteiger partial charge in [0.15, 0.2) is 0 Å². The molecule has 12 heavy (non-hydrogen) atoms. The molecule has 0 radical (unpaired) electrons. The molecule has 0 aromatic carbocycles. The van der Waals surface area contributed by atoms with Crippen molar-refractivity contribution in [2.75, 3.05) is 18.8 Å². The fourth-order valence-corrected chi connectivity index (χ4v) is 1.71. The fraction of sp³-hybridized carbons (Fsp3) is 0.833. The summed E-state index contributed by atoms with van der Waals surface area (Å²) in [5, 5.41) is 2.89. The molecule has 0 aromatic rings. The van der Waals surface area contributed by atoms with E-state index in [2.05, 4.69) is 15.0 Å². The molecule has 0 bridgehead atoms. The first kappa shape index (κ1) is 9.31. The highest BCUT2D eigenvalue weighted by Gasteiger charge is 2.16. The van der Waals surface area contributed by atoms with E-state index in [4.69, 9.17) is 0 Å². The average Bonchev–Trinajstić information content (AvgIpc) is 1.99. The third-order valence-electron chi connectivity index (χ3n) is 1.42. The van der Waals surface area contributed by atoms with Crippen molar-refractivity contribution in [2.45, 2.75) is 13.3 Å². The smallest absolute Gasteiger partial charge is 0.236 e. The van der Waals surface area contributed by atoms with Crippen LogP contribution >= 0.6 is 0 Å². The standard InChI is InChI=1S/C6H13N3O2S/c1-2-3-7-6-8-4-5-12(10,11)9-6/h2-5H2,1H3,(H2,7,8,9). The van der Waals surface area contributed by atoms with E-state index < -0.39 is 10.0 Å². The van der Waals surface area contributed by atoms with Gasteiger partial charge in [0.2, 0.25) is 16.0 Å². The Morgan fingerprint density at radius 3 is 3.00 bits per heavy atom. The number of nitrogens with zero attached hydrogens (tertiary/aromatic N) is 1. The van der Waals surface area contributed by atoms with Crippen molar-refractivity contribution >= 4 is 16.0 Å². The summed E-state index contributed by atoms with van der Waals surface area (Å²) in [6.07, 6.45) is 0.945. The molecular formula is C6H13N3O2S. The van der Waals surface area contributed by atoms with Gasteiger partial charge in [-0.05, 0) is 6.42 Å². The van der Waals surface area contributed by atoms with E-state index >= 15 is 0 Å². The number of aliphatic imine (C=N–C) groups is 1. The number of nitrogens with one attached hydrogen (secondary N) is 2. The summed E-state index contributed by atoms with van der Waals surface area (Å²) < 4.78 is 24.3. The lowest BCUT2D eigenvalue weighted by Gasteiger charge is -2.15. The van der Waals surface area contributed by atoms with Gasteiger partial charge in [0.25, 0.3) is 0 Å². The molecule has 0 spiro atoms. The van der Waals surface area contributed by atoms with Gasteiger partial charge in [0.1, 0.15) is 0 Å². The van der Waals surface area contributed by atoms with Crippen LogP contribution in [0.3, 0.4) is 0 Å². The predicted octanol–water partition coefficient (Wildman–Crippen LogP) is -0.725. The van der Waals surface area contributed by atoms with Crippen LogP contribution in [0.4, 0.5) is 0 Å². The van der Waals surface area contributed by atoms with Crippen LogP contribution in [0.5, 0.6) is 0 Å². The molecule has 0 fully saturated rings. The number of sulfonamides is 1. The van der Waals surface area contributed by atoms with Crippen molar-refractivity contribution in [2.24, 2.45) is 4.99 Å². The zero-order chi connectivity index (χ0) is 9.03. The van der Waals surface area contributed by atoms with Crippen LogP contribution < -0.4 is 10.0 Å². The molecule has 0 unspecified atom stereocenters. The van der Waals surface area contributed by atoms with Crippen LogP contribution in [0.2, 0.25) is 0 Å². The van der Waals surface area contributed by atoms with Crippen molar-refractivity contribution < 1.29 is 8.42 Å². The van der Waals surface area contributed by atoms with Gasteiger partial charge in [0, 0.05) is 6.54 Å². The first-order valence-corrected chi connectivity index (χ1v) is 5.58. The third-order valence-corrected chi connectivity index (χ3v) is 2.65. The van der Waals surface area contributed by atoms with Crippen molar-refractivity contribution in [1.29, 1.82) is 0 Å². The van der Waals surface area contributed by atoms with Gasteiger partial charge in [-0.25, -0.2) is 8.42 Å². The Hall–Kier alpha value is -0.780. The molecule has 1 aliphatic rings. The number of rotatable bonds is 2. The zero-order valence-electron chi connectivity index (χ0n) is 7.00. The van der Waals surface area contributed by atoms with Gasteiger partial charge in [-0.2, -0.15) is 0 Å². The first-order chi connectivity index (χ1) is 5.64. The highest BCUT2D eigenvalue weighted by atomic mass is 32.2. The van der Waals surface area contributed by atoms with Gasteiger partial charge < -0.3 is 5.32 Å². The van der Waals surface area contributed by atoms with Gasteiger partial charge in [-0.1, -0.05) is 6.92 Å². The summed E-state index contributed by atoms with van der Waals surface area (Å²) in [7, 11) is -3.11. The molecule has 6 heteroatoms. The second kappa shape index (κ2) is 3.75. The van der Waals surface area contributed by atoms with Crippen molar-refractivity contribution in [3.63, 3.8) is 0 Å². The SMILES string of the molecule is CCCNC1=NCCS(=O)(=O)N1. The molecule has 70 valence electrons. The average molecular weight is 191 g/mol. The lowest BCUT2D eigenvalue weighted by atomic mass is 10.5. The monoisotopic (exact) mass is 191 g/mol. The topological polar surface area (TPSA) is 70.6 Å². The van der Waals surface area contributed by atoms with Crippen LogP contribution in [-0.2, 0) is 10.0 Å². The van der Waals surface area contributed by atoms with Crippen molar-refractivity contribution in [1.82, 2.24) is 10.0 Å². The maximum Gasteiger partial charge on any atom is 0.236 e. The number of guanidine groups is 1. The molecule has 0 saturated heterocycles. The largest absolute Gasteiger partial charge is 0.356 e. The van der Waals surface area contributed by atoms with E-state index in [1.54, 1.807) is 0 Å². The summed E-state index contributed by atoms with van der Waals surface area (Å²) in [4.78, 5) is 3.98.